The third kappa shape index (κ3) is 5.06. The summed E-state index contributed by atoms with van der Waals surface area (Å²) in [6.07, 6.45) is 0. The van der Waals surface area contributed by atoms with Crippen LogP contribution in [0.25, 0.3) is 0 Å². The first-order valence-corrected chi connectivity index (χ1v) is 7.22. The van der Waals surface area contributed by atoms with Crippen molar-refractivity contribution >= 4 is 29.1 Å². The second-order valence-electron chi connectivity index (χ2n) is 4.02. The number of aromatic nitrogens is 1. The lowest BCUT2D eigenvalue weighted by molar-refractivity contribution is 0.0701. The van der Waals surface area contributed by atoms with Gasteiger partial charge in [0.05, 0.1) is 12.3 Å². The molecule has 0 saturated heterocycles. The van der Waals surface area contributed by atoms with Gasteiger partial charge in [-0.25, -0.2) is 9.78 Å². The Morgan fingerprint density at radius 1 is 1.59 bits per heavy atom. The van der Waals surface area contributed by atoms with Crippen LogP contribution < -0.4 is 0 Å². The van der Waals surface area contributed by atoms with Crippen LogP contribution in [0.5, 0.6) is 0 Å². The van der Waals surface area contributed by atoms with Crippen LogP contribution >= 0.6 is 23.1 Å². The normalized spacial score (nSPS) is 11.1. The number of thiazole rings is 1. The molecule has 0 unspecified atom stereocenters. The summed E-state index contributed by atoms with van der Waals surface area (Å²) in [4.78, 5) is 15.4. The summed E-state index contributed by atoms with van der Waals surface area (Å²) in [5.41, 5.74) is 0.591. The summed E-state index contributed by atoms with van der Waals surface area (Å²) in [7, 11) is 0. The molecule has 0 spiro atoms. The summed E-state index contributed by atoms with van der Waals surface area (Å²) in [6.45, 7) is 7.37. The quantitative estimate of drug-likeness (QED) is 0.612. The van der Waals surface area contributed by atoms with E-state index in [9.17, 15) is 4.79 Å². The summed E-state index contributed by atoms with van der Waals surface area (Å²) < 4.78 is 6.24. The Kier molecular flexibility index (Phi) is 5.94. The molecule has 1 rings (SSSR count). The van der Waals surface area contributed by atoms with Crippen LogP contribution in [0.2, 0.25) is 0 Å². The molecule has 1 aromatic rings. The van der Waals surface area contributed by atoms with Crippen LogP contribution in [-0.4, -0.2) is 35.0 Å². The molecule has 0 aliphatic carbocycles. The molecule has 0 radical (unpaired) electrons. The minimum absolute atomic E-state index is 0.329. The summed E-state index contributed by atoms with van der Waals surface area (Å²) in [6, 6.07) is 0. The fraction of sp³-hybridized carbons (Fsp3) is 0.636. The van der Waals surface area contributed by atoms with E-state index in [0.717, 1.165) is 16.7 Å². The van der Waals surface area contributed by atoms with Crippen molar-refractivity contribution in [1.82, 2.24) is 4.98 Å². The first-order valence-electron chi connectivity index (χ1n) is 5.42. The van der Waals surface area contributed by atoms with Crippen LogP contribution in [0, 0.1) is 12.8 Å². The zero-order valence-corrected chi connectivity index (χ0v) is 11.9. The second-order valence-corrected chi connectivity index (χ2v) is 6.36. The highest BCUT2D eigenvalue weighted by atomic mass is 32.2. The molecule has 0 aromatic carbocycles. The molecule has 0 fully saturated rings. The first-order chi connectivity index (χ1) is 8.00. The van der Waals surface area contributed by atoms with Crippen molar-refractivity contribution in [3.05, 3.63) is 10.6 Å². The SMILES string of the molecule is Cc1nc(SCCOCC(C)C)sc1C(=O)O. The molecule has 0 amide bonds. The number of aromatic carboxylic acids is 1. The first kappa shape index (κ1) is 14.5. The number of ether oxygens (including phenoxy) is 1. The standard InChI is InChI=1S/C11H17NO3S2/c1-7(2)6-15-4-5-16-11-12-8(3)9(17-11)10(13)14/h7H,4-6H2,1-3H3,(H,13,14). The number of nitrogens with zero attached hydrogens (tertiary/aromatic N) is 1. The highest BCUT2D eigenvalue weighted by molar-refractivity contribution is 8.01. The maximum Gasteiger partial charge on any atom is 0.347 e. The van der Waals surface area contributed by atoms with Gasteiger partial charge in [0.1, 0.15) is 4.88 Å². The van der Waals surface area contributed by atoms with E-state index in [4.69, 9.17) is 9.84 Å². The lowest BCUT2D eigenvalue weighted by Crippen LogP contribution is -2.04. The molecule has 0 aliphatic rings. The number of hydrogen-bond acceptors (Lipinski definition) is 5. The molecule has 96 valence electrons. The van der Waals surface area contributed by atoms with Gasteiger partial charge in [-0.3, -0.25) is 0 Å². The van der Waals surface area contributed by atoms with E-state index >= 15 is 0 Å². The molecule has 1 N–H and O–H groups in total. The fourth-order valence-electron chi connectivity index (χ4n) is 1.14. The number of rotatable bonds is 7. The van der Waals surface area contributed by atoms with Crippen LogP contribution in [0.1, 0.15) is 29.2 Å². The van der Waals surface area contributed by atoms with Gasteiger partial charge in [0.2, 0.25) is 0 Å². The predicted octanol–water partition coefficient (Wildman–Crippen LogP) is 2.91. The van der Waals surface area contributed by atoms with Crippen molar-refractivity contribution in [2.75, 3.05) is 19.0 Å². The largest absolute Gasteiger partial charge is 0.477 e. The molecule has 1 aromatic heterocycles. The van der Waals surface area contributed by atoms with Gasteiger partial charge in [-0.05, 0) is 12.8 Å². The van der Waals surface area contributed by atoms with Gasteiger partial charge >= 0.3 is 5.97 Å². The Morgan fingerprint density at radius 2 is 2.29 bits per heavy atom. The van der Waals surface area contributed by atoms with Crippen molar-refractivity contribution in [2.24, 2.45) is 5.92 Å². The molecular weight excluding hydrogens is 258 g/mol. The molecule has 6 heteroatoms. The number of thioether (sulfide) groups is 1. The minimum Gasteiger partial charge on any atom is -0.477 e. The Morgan fingerprint density at radius 3 is 2.82 bits per heavy atom. The molecule has 0 aliphatic heterocycles. The van der Waals surface area contributed by atoms with Crippen LogP contribution in [0.3, 0.4) is 0 Å². The van der Waals surface area contributed by atoms with Crippen molar-refractivity contribution in [1.29, 1.82) is 0 Å². The smallest absolute Gasteiger partial charge is 0.347 e. The van der Waals surface area contributed by atoms with E-state index in [1.165, 1.54) is 11.3 Å². The van der Waals surface area contributed by atoms with Gasteiger partial charge < -0.3 is 9.84 Å². The molecule has 0 bridgehead atoms. The summed E-state index contributed by atoms with van der Waals surface area (Å²) >= 11 is 2.77. The Balaban J connectivity index is 2.32. The molecule has 0 saturated carbocycles. The summed E-state index contributed by atoms with van der Waals surface area (Å²) in [5, 5.41) is 8.89. The van der Waals surface area contributed by atoms with E-state index in [2.05, 4.69) is 18.8 Å². The number of carboxylic acids is 1. The minimum atomic E-state index is -0.900. The number of hydrogen-bond donors (Lipinski definition) is 1. The number of carboxylic acid groups (broad SMARTS) is 1. The molecule has 17 heavy (non-hydrogen) atoms. The third-order valence-corrected chi connectivity index (χ3v) is 4.13. The van der Waals surface area contributed by atoms with Crippen LogP contribution in [0.4, 0.5) is 0 Å². The molecule has 1 heterocycles. The van der Waals surface area contributed by atoms with Gasteiger partial charge in [0, 0.05) is 12.4 Å². The van der Waals surface area contributed by atoms with E-state index in [1.807, 2.05) is 0 Å². The van der Waals surface area contributed by atoms with E-state index < -0.39 is 5.97 Å². The lowest BCUT2D eigenvalue weighted by Gasteiger charge is -2.05. The third-order valence-electron chi connectivity index (χ3n) is 1.88. The van der Waals surface area contributed by atoms with Gasteiger partial charge in [-0.1, -0.05) is 25.6 Å². The van der Waals surface area contributed by atoms with Gasteiger partial charge in [-0.2, -0.15) is 0 Å². The van der Waals surface area contributed by atoms with E-state index in [0.29, 0.717) is 23.1 Å². The molecular formula is C11H17NO3S2. The van der Waals surface area contributed by atoms with Crippen LogP contribution in [0.15, 0.2) is 4.34 Å². The van der Waals surface area contributed by atoms with Crippen molar-refractivity contribution in [3.63, 3.8) is 0 Å². The van der Waals surface area contributed by atoms with Gasteiger partial charge in [0.15, 0.2) is 4.34 Å². The van der Waals surface area contributed by atoms with Gasteiger partial charge in [-0.15, -0.1) is 11.3 Å². The average molecular weight is 275 g/mol. The average Bonchev–Trinajstić information content (AvgIpc) is 2.59. The van der Waals surface area contributed by atoms with Crippen molar-refractivity contribution < 1.29 is 14.6 Å². The number of carbonyl (C=O) groups is 1. The molecule has 4 nitrogen and oxygen atoms in total. The van der Waals surface area contributed by atoms with E-state index in [-0.39, 0.29) is 0 Å². The van der Waals surface area contributed by atoms with Gasteiger partial charge in [0.25, 0.3) is 0 Å². The van der Waals surface area contributed by atoms with Crippen LogP contribution in [-0.2, 0) is 4.74 Å². The molecule has 0 atom stereocenters. The van der Waals surface area contributed by atoms with Crippen molar-refractivity contribution in [3.8, 4) is 0 Å². The Labute approximate surface area is 109 Å². The summed E-state index contributed by atoms with van der Waals surface area (Å²) in [5.74, 6) is 0.447. The zero-order valence-electron chi connectivity index (χ0n) is 10.2. The highest BCUT2D eigenvalue weighted by Crippen LogP contribution is 2.26. The maximum absolute atomic E-state index is 10.8. The fourth-order valence-corrected chi connectivity index (χ4v) is 3.09. The Hall–Kier alpha value is -0.590. The van der Waals surface area contributed by atoms with Crippen molar-refractivity contribution in [2.45, 2.75) is 25.1 Å². The highest BCUT2D eigenvalue weighted by Gasteiger charge is 2.13. The maximum atomic E-state index is 10.8. The lowest BCUT2D eigenvalue weighted by atomic mass is 10.2. The predicted molar refractivity (Wildman–Crippen MR) is 70.2 cm³/mol. The Bertz CT molecular complexity index is 377. The zero-order chi connectivity index (χ0) is 12.8. The van der Waals surface area contributed by atoms with E-state index in [1.54, 1.807) is 18.7 Å². The topological polar surface area (TPSA) is 59.4 Å². The number of aryl methyl sites for hydroxylation is 1. The monoisotopic (exact) mass is 275 g/mol. The second kappa shape index (κ2) is 6.98.